The molecule has 3 atom stereocenters. The van der Waals surface area contributed by atoms with Gasteiger partial charge in [0, 0.05) is 0 Å². The average Bonchev–Trinajstić information content (AvgIpc) is 3.77. The molecule has 330 valence electrons. The zero-order chi connectivity index (χ0) is 43.8. The fourth-order valence-electron chi connectivity index (χ4n) is 9.68. The molecule has 2 aliphatic carbocycles. The molecule has 3 nitrogen and oxygen atoms in total. The van der Waals surface area contributed by atoms with Crippen LogP contribution in [0.4, 0.5) is 0 Å². The number of hydrogen-bond acceptors (Lipinski definition) is 3. The lowest BCUT2D eigenvalue weighted by Gasteiger charge is -2.33. The Bertz CT molecular complexity index is 2570. The molecule has 3 N–H and O–H groups in total. The first-order valence-corrected chi connectivity index (χ1v) is 22.4. The second-order valence-electron chi connectivity index (χ2n) is 16.4. The highest BCUT2D eigenvalue weighted by atomic mass is 16.3. The molecule has 0 saturated carbocycles. The summed E-state index contributed by atoms with van der Waals surface area (Å²) in [7, 11) is 0. The monoisotopic (exact) mass is 849 g/mol. The van der Waals surface area contributed by atoms with E-state index in [0.29, 0.717) is 23.5 Å². The number of phenols is 3. The highest BCUT2D eigenvalue weighted by molar-refractivity contribution is 5.92. The number of fused-ring (bicyclic) bond motifs is 3. The number of aryl methyl sites for hydroxylation is 2. The van der Waals surface area contributed by atoms with E-state index in [1.165, 1.54) is 60.8 Å². The highest BCUT2D eigenvalue weighted by Gasteiger charge is 2.45. The van der Waals surface area contributed by atoms with Crippen LogP contribution in [0.15, 0.2) is 182 Å². The molecular weight excluding hydrogens is 781 g/mol. The summed E-state index contributed by atoms with van der Waals surface area (Å²) in [4.78, 5) is 0. The van der Waals surface area contributed by atoms with Gasteiger partial charge < -0.3 is 15.3 Å². The third-order valence-electron chi connectivity index (χ3n) is 12.9. The van der Waals surface area contributed by atoms with Gasteiger partial charge in [-0.15, -0.1) is 0 Å². The van der Waals surface area contributed by atoms with E-state index in [0.717, 1.165) is 30.4 Å². The van der Waals surface area contributed by atoms with Crippen molar-refractivity contribution >= 4 is 10.8 Å². The molecule has 0 heterocycles. The normalized spacial score (nSPS) is 14.9. The lowest BCUT2D eigenvalue weighted by molar-refractivity contribution is 0.473. The third kappa shape index (κ3) is 9.50. The third-order valence-corrected chi connectivity index (χ3v) is 12.9. The van der Waals surface area contributed by atoms with Crippen LogP contribution < -0.4 is 0 Å². The highest BCUT2D eigenvalue weighted by Crippen LogP contribution is 2.56. The Morgan fingerprint density at radius 1 is 0.484 bits per heavy atom. The molecule has 2 aliphatic rings. The van der Waals surface area contributed by atoms with E-state index in [9.17, 15) is 15.3 Å². The van der Waals surface area contributed by atoms with Crippen LogP contribution in [0.2, 0.25) is 0 Å². The van der Waals surface area contributed by atoms with Crippen molar-refractivity contribution in [3.8, 4) is 28.4 Å². The largest absolute Gasteiger partial charge is 0.508 e. The first-order chi connectivity index (χ1) is 30.2. The molecule has 3 unspecified atom stereocenters. The quantitative estimate of drug-likeness (QED) is 0.150. The molecule has 3 heteroatoms. The molecule has 0 saturated heterocycles. The fraction of sp³-hybridized carbons (Fsp3) is 0.246. The Labute approximate surface area is 383 Å². The summed E-state index contributed by atoms with van der Waals surface area (Å²) < 4.78 is 0. The number of aromatic hydroxyl groups is 3. The number of benzene rings is 8. The summed E-state index contributed by atoms with van der Waals surface area (Å²) in [6.45, 7) is 13.0. The van der Waals surface area contributed by atoms with Crippen LogP contribution in [-0.2, 0) is 18.3 Å². The van der Waals surface area contributed by atoms with E-state index in [2.05, 4.69) is 137 Å². The second kappa shape index (κ2) is 21.7. The van der Waals surface area contributed by atoms with E-state index in [1.807, 2.05) is 50.2 Å². The maximum Gasteiger partial charge on any atom is 0.115 e. The van der Waals surface area contributed by atoms with Gasteiger partial charge in [0.1, 0.15) is 17.2 Å². The summed E-state index contributed by atoms with van der Waals surface area (Å²) in [5, 5.41) is 32.0. The van der Waals surface area contributed by atoms with E-state index in [4.69, 9.17) is 0 Å². The number of hydrogen-bond donors (Lipinski definition) is 3. The van der Waals surface area contributed by atoms with Crippen molar-refractivity contribution in [3.63, 3.8) is 0 Å². The Kier molecular flexibility index (Phi) is 16.4. The van der Waals surface area contributed by atoms with Crippen molar-refractivity contribution in [1.82, 2.24) is 0 Å². The van der Waals surface area contributed by atoms with Crippen molar-refractivity contribution in [1.29, 1.82) is 0 Å². The topological polar surface area (TPSA) is 60.7 Å². The summed E-state index contributed by atoms with van der Waals surface area (Å²) in [6.07, 6.45) is 3.42. The molecule has 10 rings (SSSR count). The maximum atomic E-state index is 9.85. The molecule has 0 amide bonds. The first-order valence-electron chi connectivity index (χ1n) is 22.4. The summed E-state index contributed by atoms with van der Waals surface area (Å²) in [5.74, 6) is 2.45. The van der Waals surface area contributed by atoms with Gasteiger partial charge in [-0.05, 0) is 145 Å². The fourth-order valence-corrected chi connectivity index (χ4v) is 9.68. The van der Waals surface area contributed by atoms with Crippen LogP contribution in [0, 0.1) is 0 Å². The molecule has 0 aliphatic heterocycles. The lowest BCUT2D eigenvalue weighted by atomic mass is 9.68. The molecular formula is C61H68O3. The summed E-state index contributed by atoms with van der Waals surface area (Å²) >= 11 is 0. The molecule has 0 bridgehead atoms. The average molecular weight is 849 g/mol. The van der Waals surface area contributed by atoms with Gasteiger partial charge in [-0.25, -0.2) is 0 Å². The van der Waals surface area contributed by atoms with Gasteiger partial charge in [-0.3, -0.25) is 0 Å². The Balaban J connectivity index is 0.000000190. The van der Waals surface area contributed by atoms with Crippen LogP contribution in [0.5, 0.6) is 17.2 Å². The molecule has 0 radical (unpaired) electrons. The van der Waals surface area contributed by atoms with Gasteiger partial charge in [0.25, 0.3) is 0 Å². The Morgan fingerprint density at radius 2 is 0.891 bits per heavy atom. The number of rotatable bonds is 7. The molecule has 0 aromatic heterocycles. The van der Waals surface area contributed by atoms with Crippen molar-refractivity contribution < 1.29 is 15.3 Å². The predicted octanol–water partition coefficient (Wildman–Crippen LogP) is 16.5. The smallest absolute Gasteiger partial charge is 0.115 e. The van der Waals surface area contributed by atoms with E-state index < -0.39 is 5.41 Å². The lowest BCUT2D eigenvalue weighted by Crippen LogP contribution is -2.28. The van der Waals surface area contributed by atoms with Gasteiger partial charge in [0.2, 0.25) is 0 Å². The molecule has 8 aromatic carbocycles. The van der Waals surface area contributed by atoms with Gasteiger partial charge >= 0.3 is 0 Å². The maximum absolute atomic E-state index is 9.85. The van der Waals surface area contributed by atoms with E-state index >= 15 is 0 Å². The summed E-state index contributed by atoms with van der Waals surface area (Å²) in [6, 6.07) is 61.8. The molecule has 0 spiro atoms. The molecule has 64 heavy (non-hydrogen) atoms. The van der Waals surface area contributed by atoms with Crippen LogP contribution in [0.1, 0.15) is 131 Å². The standard InChI is InChI=1S/C25H18O2.C22H22O.C10H14.C2H6.2CH4/c26-19-13-9-17(10-14-19)25(18-11-15-20(27)16-12-18)23-7-3-1-5-21(23)22-6-2-4-8-24(22)25;1-14(16-9-11-18(23)12-10-16)13-21-15(2)19-7-3-5-17-6-4-8-20(21)22(17)19;1-3-9-5-7-10(4-2)8-6-9;1-2;;/h1-16,26-27H;3-12,14-15,21,23H,13H2,1-2H3;5-8H,3-4H2,1-2H3;1-2H3;2*1H4. The van der Waals surface area contributed by atoms with Gasteiger partial charge in [0.05, 0.1) is 5.41 Å². The van der Waals surface area contributed by atoms with Crippen molar-refractivity contribution in [2.45, 2.75) is 98.8 Å². The van der Waals surface area contributed by atoms with Crippen LogP contribution in [-0.4, -0.2) is 15.3 Å². The SMILES string of the molecule is C.C.CC.CC(CC1c2cccc3cccc(c23)C1C)c1ccc(O)cc1.CCc1ccc(CC)cc1.Oc1ccc(C2(c3ccc(O)cc3)c3ccccc3-c3ccccc32)cc1. The van der Waals surface area contributed by atoms with E-state index in [1.54, 1.807) is 36.4 Å². The van der Waals surface area contributed by atoms with Crippen LogP contribution >= 0.6 is 0 Å². The van der Waals surface area contributed by atoms with Crippen LogP contribution in [0.25, 0.3) is 21.9 Å². The minimum Gasteiger partial charge on any atom is -0.508 e. The zero-order valence-electron chi connectivity index (χ0n) is 37.0. The van der Waals surface area contributed by atoms with Gasteiger partial charge in [0.15, 0.2) is 0 Å². The molecule has 0 fully saturated rings. The zero-order valence-corrected chi connectivity index (χ0v) is 37.0. The minimum absolute atomic E-state index is 0. The Hall–Kier alpha value is -6.58. The van der Waals surface area contributed by atoms with Gasteiger partial charge in [-0.1, -0.05) is 202 Å². The second-order valence-corrected chi connectivity index (χ2v) is 16.4. The summed E-state index contributed by atoms with van der Waals surface area (Å²) in [5.41, 5.74) is 13.7. The Morgan fingerprint density at radius 3 is 1.33 bits per heavy atom. The van der Waals surface area contributed by atoms with E-state index in [-0.39, 0.29) is 26.4 Å². The number of phenolic OH excluding ortho intramolecular Hbond substituents is 3. The minimum atomic E-state index is -0.491. The van der Waals surface area contributed by atoms with Crippen molar-refractivity contribution in [2.75, 3.05) is 0 Å². The van der Waals surface area contributed by atoms with Crippen LogP contribution in [0.3, 0.4) is 0 Å². The van der Waals surface area contributed by atoms with Gasteiger partial charge in [-0.2, -0.15) is 0 Å². The van der Waals surface area contributed by atoms with Crippen molar-refractivity contribution in [2.24, 2.45) is 0 Å². The van der Waals surface area contributed by atoms with Crippen molar-refractivity contribution in [3.05, 3.63) is 232 Å². The molecule has 8 aromatic rings. The predicted molar refractivity (Wildman–Crippen MR) is 273 cm³/mol. The first kappa shape index (κ1) is 48.5.